The summed E-state index contributed by atoms with van der Waals surface area (Å²) in [4.78, 5) is 25.8. The highest BCUT2D eigenvalue weighted by molar-refractivity contribution is 5.75. The van der Waals surface area contributed by atoms with Crippen LogP contribution in [0.4, 0.5) is 9.18 Å². The number of hydrogen-bond donors (Lipinski definition) is 1. The Bertz CT molecular complexity index is 632. The van der Waals surface area contributed by atoms with Crippen molar-refractivity contribution in [2.75, 3.05) is 19.6 Å². The van der Waals surface area contributed by atoms with Crippen molar-refractivity contribution in [3.63, 3.8) is 0 Å². The Morgan fingerprint density at radius 3 is 2.54 bits per heavy atom. The molecule has 1 aromatic carbocycles. The lowest BCUT2D eigenvalue weighted by molar-refractivity contribution is -0.165. The van der Waals surface area contributed by atoms with E-state index < -0.39 is 29.3 Å². The topological polar surface area (TPSA) is 81.9 Å². The molecule has 1 aliphatic heterocycles. The molecule has 2 atom stereocenters. The van der Waals surface area contributed by atoms with E-state index in [2.05, 4.69) is 0 Å². The summed E-state index contributed by atoms with van der Waals surface area (Å²) in [6, 6.07) is 9.23. The second kappa shape index (κ2) is 8.03. The average Bonchev–Trinajstić information content (AvgIpc) is 2.95. The van der Waals surface area contributed by atoms with Gasteiger partial charge in [0.15, 0.2) is 0 Å². The molecule has 0 saturated carbocycles. The quantitative estimate of drug-likeness (QED) is 0.810. The van der Waals surface area contributed by atoms with Gasteiger partial charge in [0, 0.05) is 19.5 Å². The van der Waals surface area contributed by atoms with Gasteiger partial charge in [-0.3, -0.25) is 4.79 Å². The maximum atomic E-state index is 15.3. The van der Waals surface area contributed by atoms with Crippen molar-refractivity contribution in [3.05, 3.63) is 35.9 Å². The van der Waals surface area contributed by atoms with Crippen LogP contribution in [0.1, 0.15) is 32.8 Å². The fourth-order valence-corrected chi connectivity index (χ4v) is 2.94. The van der Waals surface area contributed by atoms with Crippen molar-refractivity contribution >= 4 is 12.1 Å². The molecule has 1 saturated heterocycles. The van der Waals surface area contributed by atoms with Crippen molar-refractivity contribution in [2.24, 2.45) is 11.7 Å². The molecule has 0 spiro atoms. The molecule has 0 radical (unpaired) electrons. The third-order valence-corrected chi connectivity index (χ3v) is 4.27. The Kier molecular flexibility index (Phi) is 6.23. The van der Waals surface area contributed by atoms with Crippen molar-refractivity contribution in [3.8, 4) is 0 Å². The summed E-state index contributed by atoms with van der Waals surface area (Å²) in [6.45, 7) is 5.01. The lowest BCUT2D eigenvalue weighted by atomic mass is 9.88. The van der Waals surface area contributed by atoms with Gasteiger partial charge < -0.3 is 20.1 Å². The Hall–Kier alpha value is -2.15. The number of ether oxygens (including phenoxy) is 2. The molecule has 0 aliphatic carbocycles. The summed E-state index contributed by atoms with van der Waals surface area (Å²) in [5.41, 5.74) is 3.84. The minimum Gasteiger partial charge on any atom is -0.460 e. The van der Waals surface area contributed by atoms with Gasteiger partial charge in [-0.25, -0.2) is 9.18 Å². The van der Waals surface area contributed by atoms with Gasteiger partial charge in [-0.15, -0.1) is 0 Å². The highest BCUT2D eigenvalue weighted by Crippen LogP contribution is 2.34. The van der Waals surface area contributed by atoms with Crippen LogP contribution in [0.25, 0.3) is 0 Å². The van der Waals surface area contributed by atoms with Gasteiger partial charge in [0.1, 0.15) is 23.8 Å². The Labute approximate surface area is 153 Å². The first-order valence-electron chi connectivity index (χ1n) is 8.72. The standard InChI is InChI=1S/C19H27FN2O4/c1-18(2,3)26-16(23)15(11-21)19(20)9-10-22(13-19)17(24)25-12-14-7-5-4-6-8-14/h4-8,15H,9-13,21H2,1-3H3. The number of nitrogens with two attached hydrogens (primary N) is 1. The minimum absolute atomic E-state index is 0.0224. The molecule has 1 heterocycles. The van der Waals surface area contributed by atoms with E-state index in [4.69, 9.17) is 15.2 Å². The van der Waals surface area contributed by atoms with Crippen molar-refractivity contribution in [1.29, 1.82) is 0 Å². The first-order valence-corrected chi connectivity index (χ1v) is 8.72. The number of amides is 1. The van der Waals surface area contributed by atoms with Crippen LogP contribution >= 0.6 is 0 Å². The summed E-state index contributed by atoms with van der Waals surface area (Å²) >= 11 is 0. The smallest absolute Gasteiger partial charge is 0.410 e. The molecular formula is C19H27FN2O4. The van der Waals surface area contributed by atoms with Crippen LogP contribution in [0, 0.1) is 5.92 Å². The van der Waals surface area contributed by atoms with E-state index in [-0.39, 0.29) is 32.7 Å². The van der Waals surface area contributed by atoms with Gasteiger partial charge in [0.05, 0.1) is 6.54 Å². The molecule has 2 unspecified atom stereocenters. The predicted octanol–water partition coefficient (Wildman–Crippen LogP) is 2.65. The molecule has 0 bridgehead atoms. The number of rotatable bonds is 5. The first kappa shape index (κ1) is 20.2. The predicted molar refractivity (Wildman–Crippen MR) is 95.0 cm³/mol. The summed E-state index contributed by atoms with van der Waals surface area (Å²) in [7, 11) is 0. The fraction of sp³-hybridized carbons (Fsp3) is 0.579. The SMILES string of the molecule is CC(C)(C)OC(=O)C(CN)C1(F)CCN(C(=O)OCc2ccccc2)C1. The van der Waals surface area contributed by atoms with Crippen LogP contribution < -0.4 is 5.73 Å². The van der Waals surface area contributed by atoms with Gasteiger partial charge in [-0.1, -0.05) is 30.3 Å². The molecular weight excluding hydrogens is 339 g/mol. The fourth-order valence-electron chi connectivity index (χ4n) is 2.94. The van der Waals surface area contributed by atoms with Crippen molar-refractivity contribution < 1.29 is 23.5 Å². The van der Waals surface area contributed by atoms with Crippen LogP contribution in [0.3, 0.4) is 0 Å². The van der Waals surface area contributed by atoms with Gasteiger partial charge in [0.2, 0.25) is 0 Å². The largest absolute Gasteiger partial charge is 0.460 e. The lowest BCUT2D eigenvalue weighted by Crippen LogP contribution is -2.47. The van der Waals surface area contributed by atoms with Gasteiger partial charge in [0.25, 0.3) is 0 Å². The number of likely N-dealkylation sites (tertiary alicyclic amines) is 1. The number of halogens is 1. The highest BCUT2D eigenvalue weighted by atomic mass is 19.1. The first-order chi connectivity index (χ1) is 12.1. The molecule has 6 nitrogen and oxygen atoms in total. The van der Waals surface area contributed by atoms with Crippen LogP contribution in [0.2, 0.25) is 0 Å². The van der Waals surface area contributed by atoms with E-state index in [9.17, 15) is 9.59 Å². The second-order valence-corrected chi connectivity index (χ2v) is 7.57. The highest BCUT2D eigenvalue weighted by Gasteiger charge is 2.50. The third kappa shape index (κ3) is 5.17. The van der Waals surface area contributed by atoms with Crippen LogP contribution in [0.15, 0.2) is 30.3 Å². The maximum absolute atomic E-state index is 15.3. The summed E-state index contributed by atoms with van der Waals surface area (Å²) in [6.07, 6.45) is -0.581. The second-order valence-electron chi connectivity index (χ2n) is 7.57. The Balaban J connectivity index is 1.95. The maximum Gasteiger partial charge on any atom is 0.410 e. The molecule has 2 N–H and O–H groups in total. The molecule has 1 amide bonds. The minimum atomic E-state index is -1.91. The zero-order valence-corrected chi connectivity index (χ0v) is 15.5. The van der Waals surface area contributed by atoms with Crippen LogP contribution in [0.5, 0.6) is 0 Å². The number of carbonyl (C=O) groups excluding carboxylic acids is 2. The van der Waals surface area contributed by atoms with E-state index in [0.29, 0.717) is 0 Å². The Morgan fingerprint density at radius 2 is 1.96 bits per heavy atom. The van der Waals surface area contributed by atoms with Crippen molar-refractivity contribution in [1.82, 2.24) is 4.90 Å². The van der Waals surface area contributed by atoms with Gasteiger partial charge in [-0.2, -0.15) is 0 Å². The molecule has 2 rings (SSSR count). The molecule has 1 aromatic rings. The summed E-state index contributed by atoms with van der Waals surface area (Å²) in [5, 5.41) is 0. The monoisotopic (exact) mass is 366 g/mol. The zero-order valence-electron chi connectivity index (χ0n) is 15.5. The van der Waals surface area contributed by atoms with Gasteiger partial charge >= 0.3 is 12.1 Å². The number of alkyl halides is 1. The number of benzene rings is 1. The number of nitrogens with zero attached hydrogens (tertiary/aromatic N) is 1. The van der Waals surface area contributed by atoms with Crippen LogP contribution in [-0.4, -0.2) is 47.9 Å². The summed E-state index contributed by atoms with van der Waals surface area (Å²) in [5.74, 6) is -1.80. The lowest BCUT2D eigenvalue weighted by Gasteiger charge is -2.30. The number of esters is 1. The number of carbonyl (C=O) groups is 2. The van der Waals surface area contributed by atoms with Crippen LogP contribution in [-0.2, 0) is 20.9 Å². The Morgan fingerprint density at radius 1 is 1.31 bits per heavy atom. The summed E-state index contributed by atoms with van der Waals surface area (Å²) < 4.78 is 25.9. The van der Waals surface area contributed by atoms with Gasteiger partial charge in [-0.05, 0) is 26.3 Å². The third-order valence-electron chi connectivity index (χ3n) is 4.27. The molecule has 26 heavy (non-hydrogen) atoms. The molecule has 0 aromatic heterocycles. The molecule has 1 aliphatic rings. The van der Waals surface area contributed by atoms with Crippen molar-refractivity contribution in [2.45, 2.75) is 45.1 Å². The van der Waals surface area contributed by atoms with E-state index >= 15 is 4.39 Å². The molecule has 144 valence electrons. The molecule has 7 heteroatoms. The van der Waals surface area contributed by atoms with E-state index in [1.807, 2.05) is 30.3 Å². The average molecular weight is 366 g/mol. The normalized spacial score (nSPS) is 21.3. The molecule has 1 fully saturated rings. The van der Waals surface area contributed by atoms with E-state index in [1.54, 1.807) is 20.8 Å². The number of hydrogen-bond acceptors (Lipinski definition) is 5. The van der Waals surface area contributed by atoms with E-state index in [0.717, 1.165) is 5.56 Å². The zero-order chi connectivity index (χ0) is 19.4. The van der Waals surface area contributed by atoms with E-state index in [1.165, 1.54) is 4.90 Å².